The predicted octanol–water partition coefficient (Wildman–Crippen LogP) is 3.96. The molecule has 1 aromatic carbocycles. The largest absolute Gasteiger partial charge is 0.474 e. The van der Waals surface area contributed by atoms with Gasteiger partial charge in [-0.25, -0.2) is 0 Å². The number of benzene rings is 1. The molecule has 0 spiro atoms. The summed E-state index contributed by atoms with van der Waals surface area (Å²) in [5.41, 5.74) is 1.83. The smallest absolute Gasteiger partial charge is 0.303 e. The molecule has 2 aromatic rings. The fourth-order valence-corrected chi connectivity index (χ4v) is 4.99. The van der Waals surface area contributed by atoms with Crippen molar-refractivity contribution >= 4 is 41.3 Å². The van der Waals surface area contributed by atoms with Crippen LogP contribution in [0.5, 0.6) is 5.75 Å². The molecule has 0 N–H and O–H groups in total. The second-order valence-electron chi connectivity index (χ2n) is 7.51. The lowest BCUT2D eigenvalue weighted by Gasteiger charge is -2.39. The van der Waals surface area contributed by atoms with Gasteiger partial charge in [0, 0.05) is 48.9 Å². The van der Waals surface area contributed by atoms with E-state index in [0.717, 1.165) is 16.7 Å². The SMILES string of the molecule is CC(=O)O[C@@H]1[C@@H](OC(C)=O)[C@@H](Oc2cncc(-c3ccc(C)cc3Cl)c2)SC[C@H]1OC(C)=O. The molecule has 2 heterocycles. The molecule has 0 saturated carbocycles. The lowest BCUT2D eigenvalue weighted by molar-refractivity contribution is -0.186. The molecule has 3 rings (SSSR count). The number of ether oxygens (including phenoxy) is 4. The lowest BCUT2D eigenvalue weighted by Crippen LogP contribution is -2.55. The topological polar surface area (TPSA) is 101 Å². The van der Waals surface area contributed by atoms with Gasteiger partial charge in [-0.1, -0.05) is 23.7 Å². The van der Waals surface area contributed by atoms with Crippen LogP contribution in [0.3, 0.4) is 0 Å². The minimum atomic E-state index is -1.02. The molecular formula is C23H24ClNO7S. The summed E-state index contributed by atoms with van der Waals surface area (Å²) in [5.74, 6) is -1.04. The molecule has 1 aliphatic rings. The van der Waals surface area contributed by atoms with E-state index in [2.05, 4.69) is 4.98 Å². The fraction of sp³-hybridized carbons (Fsp3) is 0.391. The Labute approximate surface area is 200 Å². The van der Waals surface area contributed by atoms with Crippen molar-refractivity contribution in [1.29, 1.82) is 0 Å². The molecule has 0 bridgehead atoms. The minimum absolute atomic E-state index is 0.275. The van der Waals surface area contributed by atoms with Crippen molar-refractivity contribution in [2.24, 2.45) is 0 Å². The zero-order valence-electron chi connectivity index (χ0n) is 18.6. The number of aryl methyl sites for hydroxylation is 1. The highest BCUT2D eigenvalue weighted by Crippen LogP contribution is 2.36. The number of pyridine rings is 1. The van der Waals surface area contributed by atoms with Crippen LogP contribution in [-0.4, -0.2) is 52.4 Å². The van der Waals surface area contributed by atoms with E-state index in [-0.39, 0.29) is 5.75 Å². The predicted molar refractivity (Wildman–Crippen MR) is 123 cm³/mol. The van der Waals surface area contributed by atoms with Gasteiger partial charge in [-0.05, 0) is 24.6 Å². The molecule has 1 fully saturated rings. The molecule has 10 heteroatoms. The number of rotatable bonds is 6. The zero-order chi connectivity index (χ0) is 24.1. The average molecular weight is 494 g/mol. The normalized spacial score (nSPS) is 22.2. The summed E-state index contributed by atoms with van der Waals surface area (Å²) in [4.78, 5) is 39.3. The van der Waals surface area contributed by atoms with Gasteiger partial charge in [0.1, 0.15) is 5.75 Å². The molecule has 1 saturated heterocycles. The van der Waals surface area contributed by atoms with Crippen LogP contribution in [0.4, 0.5) is 0 Å². The second-order valence-corrected chi connectivity index (χ2v) is 9.05. The molecule has 0 aliphatic carbocycles. The summed E-state index contributed by atoms with van der Waals surface area (Å²) in [7, 11) is 0. The number of carbonyl (C=O) groups excluding carboxylic acids is 3. The average Bonchev–Trinajstić information content (AvgIpc) is 2.71. The summed E-state index contributed by atoms with van der Waals surface area (Å²) in [6.45, 7) is 5.67. The van der Waals surface area contributed by atoms with Gasteiger partial charge in [-0.3, -0.25) is 19.4 Å². The minimum Gasteiger partial charge on any atom is -0.474 e. The Hall–Kier alpha value is -2.78. The van der Waals surface area contributed by atoms with Crippen molar-refractivity contribution in [1.82, 2.24) is 4.98 Å². The van der Waals surface area contributed by atoms with E-state index < -0.39 is 41.7 Å². The third kappa shape index (κ3) is 6.61. The van der Waals surface area contributed by atoms with Gasteiger partial charge >= 0.3 is 17.9 Å². The van der Waals surface area contributed by atoms with Crippen LogP contribution in [0.25, 0.3) is 11.1 Å². The molecule has 8 nitrogen and oxygen atoms in total. The lowest BCUT2D eigenvalue weighted by atomic mass is 10.1. The number of esters is 3. The summed E-state index contributed by atoms with van der Waals surface area (Å²) in [6.07, 6.45) is 0.358. The van der Waals surface area contributed by atoms with E-state index in [1.165, 1.54) is 38.7 Å². The molecule has 33 heavy (non-hydrogen) atoms. The van der Waals surface area contributed by atoms with Crippen LogP contribution in [-0.2, 0) is 28.6 Å². The third-order valence-corrected chi connectivity index (χ3v) is 6.23. The summed E-state index contributed by atoms with van der Waals surface area (Å²) in [5, 5.41) is 0.581. The Morgan fingerprint density at radius 3 is 2.27 bits per heavy atom. The van der Waals surface area contributed by atoms with Gasteiger partial charge in [-0.15, -0.1) is 11.8 Å². The highest BCUT2D eigenvalue weighted by Gasteiger charge is 2.47. The molecule has 1 aliphatic heterocycles. The van der Waals surface area contributed by atoms with E-state index in [1.807, 2.05) is 25.1 Å². The highest BCUT2D eigenvalue weighted by molar-refractivity contribution is 7.99. The Balaban J connectivity index is 1.88. The first-order valence-corrected chi connectivity index (χ1v) is 11.6. The molecule has 0 unspecified atom stereocenters. The molecule has 4 atom stereocenters. The molecule has 0 radical (unpaired) electrons. The Bertz CT molecular complexity index is 1050. The third-order valence-electron chi connectivity index (χ3n) is 4.71. The maximum absolute atomic E-state index is 11.8. The quantitative estimate of drug-likeness (QED) is 0.437. The Morgan fingerprint density at radius 2 is 1.64 bits per heavy atom. The number of nitrogens with zero attached hydrogens (tertiary/aromatic N) is 1. The van der Waals surface area contributed by atoms with E-state index >= 15 is 0 Å². The van der Waals surface area contributed by atoms with Gasteiger partial charge in [0.2, 0.25) is 0 Å². The van der Waals surface area contributed by atoms with E-state index in [1.54, 1.807) is 12.3 Å². The van der Waals surface area contributed by atoms with Crippen molar-refractivity contribution in [3.63, 3.8) is 0 Å². The molecule has 1 aromatic heterocycles. The van der Waals surface area contributed by atoms with Crippen molar-refractivity contribution in [2.75, 3.05) is 5.75 Å². The van der Waals surface area contributed by atoms with Gasteiger partial charge in [0.15, 0.2) is 23.7 Å². The first kappa shape index (κ1) is 24.9. The number of aromatic nitrogens is 1. The van der Waals surface area contributed by atoms with Crippen molar-refractivity contribution < 1.29 is 33.3 Å². The van der Waals surface area contributed by atoms with Gasteiger partial charge in [-0.2, -0.15) is 0 Å². The van der Waals surface area contributed by atoms with E-state index in [4.69, 9.17) is 30.5 Å². The standard InChI is InChI=1S/C23H24ClNO7S/c1-12-5-6-18(19(24)7-12)16-8-17(10-25-9-16)32-23-22(31-15(4)28)21(30-14(3)27)20(11-33-23)29-13(2)26/h5-10,20-23H,11H2,1-4H3/t20-,21+,22-,23+/m1/s1. The van der Waals surface area contributed by atoms with Crippen LogP contribution in [0, 0.1) is 6.92 Å². The van der Waals surface area contributed by atoms with Crippen molar-refractivity contribution in [2.45, 2.75) is 51.4 Å². The van der Waals surface area contributed by atoms with Crippen LogP contribution < -0.4 is 4.74 Å². The second kappa shape index (κ2) is 10.9. The Morgan fingerprint density at radius 1 is 0.970 bits per heavy atom. The van der Waals surface area contributed by atoms with Crippen LogP contribution in [0.2, 0.25) is 5.02 Å². The monoisotopic (exact) mass is 493 g/mol. The van der Waals surface area contributed by atoms with Gasteiger partial charge in [0.25, 0.3) is 0 Å². The fourth-order valence-electron chi connectivity index (χ4n) is 3.43. The van der Waals surface area contributed by atoms with Crippen LogP contribution >= 0.6 is 23.4 Å². The number of hydrogen-bond donors (Lipinski definition) is 0. The molecule has 176 valence electrons. The maximum atomic E-state index is 11.8. The number of halogens is 1. The summed E-state index contributed by atoms with van der Waals surface area (Å²) >= 11 is 7.67. The van der Waals surface area contributed by atoms with E-state index in [9.17, 15) is 14.4 Å². The van der Waals surface area contributed by atoms with Crippen LogP contribution in [0.1, 0.15) is 26.3 Å². The van der Waals surface area contributed by atoms with Crippen molar-refractivity contribution in [3.05, 3.63) is 47.2 Å². The molecular weight excluding hydrogens is 470 g/mol. The first-order chi connectivity index (χ1) is 15.6. The summed E-state index contributed by atoms with van der Waals surface area (Å²) in [6, 6.07) is 7.47. The van der Waals surface area contributed by atoms with E-state index in [0.29, 0.717) is 10.8 Å². The summed E-state index contributed by atoms with van der Waals surface area (Å²) < 4.78 is 22.3. The zero-order valence-corrected chi connectivity index (χ0v) is 20.1. The number of carbonyl (C=O) groups is 3. The molecule has 0 amide bonds. The number of hydrogen-bond acceptors (Lipinski definition) is 9. The maximum Gasteiger partial charge on any atom is 0.303 e. The Kier molecular flexibility index (Phi) is 8.20. The first-order valence-electron chi connectivity index (χ1n) is 10.2. The number of thioether (sulfide) groups is 1. The van der Waals surface area contributed by atoms with Gasteiger partial charge < -0.3 is 18.9 Å². The van der Waals surface area contributed by atoms with Gasteiger partial charge in [0.05, 0.1) is 6.20 Å². The van der Waals surface area contributed by atoms with Crippen molar-refractivity contribution in [3.8, 4) is 16.9 Å². The highest BCUT2D eigenvalue weighted by atomic mass is 35.5. The van der Waals surface area contributed by atoms with Crippen LogP contribution in [0.15, 0.2) is 36.7 Å².